The van der Waals surface area contributed by atoms with Crippen LogP contribution in [-0.4, -0.2) is 6.18 Å². The predicted octanol–water partition coefficient (Wildman–Crippen LogP) is 2.94. The summed E-state index contributed by atoms with van der Waals surface area (Å²) in [6, 6.07) is 4.83. The third kappa shape index (κ3) is 2.82. The number of hydrogen-bond donors (Lipinski definition) is 0. The van der Waals surface area contributed by atoms with E-state index in [0.717, 1.165) is 6.07 Å². The molecule has 0 atom stereocenters. The molecule has 0 unspecified atom stereocenters. The second-order valence-electron chi connectivity index (χ2n) is 2.44. The van der Waals surface area contributed by atoms with Crippen molar-refractivity contribution in [3.63, 3.8) is 0 Å². The van der Waals surface area contributed by atoms with Crippen LogP contribution in [0.15, 0.2) is 24.3 Å². The van der Waals surface area contributed by atoms with Crippen LogP contribution < -0.4 is 0 Å². The molecule has 0 aromatic heterocycles. The van der Waals surface area contributed by atoms with Gasteiger partial charge in [0.05, 0.1) is 6.42 Å². The first kappa shape index (κ1) is 8.90. The Balaban J connectivity index is 2.77. The maximum Gasteiger partial charge on any atom is 0.393 e. The van der Waals surface area contributed by atoms with Crippen LogP contribution in [0.2, 0.25) is 0 Å². The van der Waals surface area contributed by atoms with Crippen LogP contribution in [0.3, 0.4) is 0 Å². The van der Waals surface area contributed by atoms with E-state index in [-0.39, 0.29) is 5.56 Å². The molecular formula is C8H6F3O. The zero-order chi connectivity index (χ0) is 9.19. The summed E-state index contributed by atoms with van der Waals surface area (Å²) in [6.07, 6.45) is -5.28. The third-order valence-corrected chi connectivity index (χ3v) is 1.30. The summed E-state index contributed by atoms with van der Waals surface area (Å²) < 4.78 is 35.3. The summed E-state index contributed by atoms with van der Waals surface area (Å²) in [5, 5.41) is 10.6. The van der Waals surface area contributed by atoms with E-state index in [1.54, 1.807) is 0 Å². The van der Waals surface area contributed by atoms with Crippen molar-refractivity contribution < 1.29 is 18.3 Å². The largest absolute Gasteiger partial charge is 0.393 e. The molecule has 65 valence electrons. The van der Waals surface area contributed by atoms with Crippen LogP contribution >= 0.6 is 0 Å². The summed E-state index contributed by atoms with van der Waals surface area (Å²) in [6.45, 7) is 0. The summed E-state index contributed by atoms with van der Waals surface area (Å²) in [4.78, 5) is 0. The normalized spacial score (nSPS) is 11.6. The van der Waals surface area contributed by atoms with E-state index < -0.39 is 18.3 Å². The second-order valence-corrected chi connectivity index (χ2v) is 2.44. The van der Waals surface area contributed by atoms with E-state index in [4.69, 9.17) is 0 Å². The summed E-state index contributed by atoms with van der Waals surface area (Å²) in [5.74, 6) is -0.392. The van der Waals surface area contributed by atoms with Crippen LogP contribution in [-0.2, 0) is 11.5 Å². The van der Waals surface area contributed by atoms with Crippen LogP contribution in [0, 0.1) is 0 Å². The maximum atomic E-state index is 11.8. The molecule has 0 aliphatic carbocycles. The minimum atomic E-state index is -4.24. The first-order valence-electron chi connectivity index (χ1n) is 3.30. The number of rotatable bonds is 1. The van der Waals surface area contributed by atoms with Crippen LogP contribution in [0.1, 0.15) is 5.56 Å². The lowest BCUT2D eigenvalue weighted by atomic mass is 10.1. The van der Waals surface area contributed by atoms with Gasteiger partial charge in [-0.3, -0.25) is 5.11 Å². The molecule has 0 spiro atoms. The van der Waals surface area contributed by atoms with Gasteiger partial charge in [-0.2, -0.15) is 13.2 Å². The Bertz CT molecular complexity index is 267. The Labute approximate surface area is 67.5 Å². The van der Waals surface area contributed by atoms with Gasteiger partial charge in [-0.15, -0.1) is 0 Å². The molecule has 1 nitrogen and oxygen atoms in total. The molecule has 0 N–H and O–H groups in total. The molecule has 0 bridgehead atoms. The molecule has 1 aromatic carbocycles. The SMILES string of the molecule is [O]c1cccc(CC(F)(F)F)c1. The fraction of sp³-hybridized carbons (Fsp3) is 0.250. The monoisotopic (exact) mass is 175 g/mol. The van der Waals surface area contributed by atoms with Crippen LogP contribution in [0.4, 0.5) is 13.2 Å². The lowest BCUT2D eigenvalue weighted by Gasteiger charge is -2.05. The third-order valence-electron chi connectivity index (χ3n) is 1.30. The first-order chi connectivity index (χ1) is 5.47. The van der Waals surface area contributed by atoms with E-state index in [2.05, 4.69) is 0 Å². The van der Waals surface area contributed by atoms with Gasteiger partial charge in [0.25, 0.3) is 0 Å². The van der Waals surface area contributed by atoms with Crippen molar-refractivity contribution in [1.29, 1.82) is 0 Å². The van der Waals surface area contributed by atoms with E-state index in [1.807, 2.05) is 0 Å². The van der Waals surface area contributed by atoms with E-state index >= 15 is 0 Å². The van der Waals surface area contributed by atoms with Crippen molar-refractivity contribution in [1.82, 2.24) is 0 Å². The molecule has 0 fully saturated rings. The number of halogens is 3. The lowest BCUT2D eigenvalue weighted by Crippen LogP contribution is -2.11. The lowest BCUT2D eigenvalue weighted by molar-refractivity contribution is -0.127. The van der Waals surface area contributed by atoms with Crippen molar-refractivity contribution in [2.45, 2.75) is 12.6 Å². The summed E-state index contributed by atoms with van der Waals surface area (Å²) in [7, 11) is 0. The Morgan fingerprint density at radius 3 is 2.42 bits per heavy atom. The minimum Gasteiger partial charge on any atom is -0.290 e. The van der Waals surface area contributed by atoms with Crippen LogP contribution in [0.5, 0.6) is 5.75 Å². The van der Waals surface area contributed by atoms with Gasteiger partial charge in [0.2, 0.25) is 0 Å². The molecule has 0 aliphatic heterocycles. The zero-order valence-electron chi connectivity index (χ0n) is 6.06. The molecule has 0 saturated heterocycles. The molecule has 1 rings (SSSR count). The van der Waals surface area contributed by atoms with Gasteiger partial charge >= 0.3 is 6.18 Å². The van der Waals surface area contributed by atoms with Gasteiger partial charge in [0, 0.05) is 0 Å². The van der Waals surface area contributed by atoms with Crippen LogP contribution in [0.25, 0.3) is 0 Å². The quantitative estimate of drug-likeness (QED) is 0.625. The fourth-order valence-corrected chi connectivity index (χ4v) is 0.887. The molecule has 0 saturated carbocycles. The number of benzene rings is 1. The summed E-state index contributed by atoms with van der Waals surface area (Å²) >= 11 is 0. The smallest absolute Gasteiger partial charge is 0.290 e. The molecule has 12 heavy (non-hydrogen) atoms. The maximum absolute atomic E-state index is 11.8. The molecular weight excluding hydrogens is 169 g/mol. The van der Waals surface area contributed by atoms with Crippen molar-refractivity contribution in [3.05, 3.63) is 29.8 Å². The molecule has 1 aromatic rings. The number of hydrogen-bond acceptors (Lipinski definition) is 0. The first-order valence-corrected chi connectivity index (χ1v) is 3.30. The molecule has 0 amide bonds. The van der Waals surface area contributed by atoms with Gasteiger partial charge in [-0.05, 0) is 17.7 Å². The molecule has 0 aliphatic rings. The Kier molecular flexibility index (Phi) is 2.26. The highest BCUT2D eigenvalue weighted by atomic mass is 19.4. The van der Waals surface area contributed by atoms with Gasteiger partial charge in [-0.25, -0.2) is 0 Å². The Morgan fingerprint density at radius 2 is 1.92 bits per heavy atom. The van der Waals surface area contributed by atoms with E-state index in [9.17, 15) is 18.3 Å². The zero-order valence-corrected chi connectivity index (χ0v) is 6.06. The molecule has 1 radical (unpaired) electrons. The predicted molar refractivity (Wildman–Crippen MR) is 36.3 cm³/mol. The minimum absolute atomic E-state index is 0.00926. The average molecular weight is 175 g/mol. The highest BCUT2D eigenvalue weighted by Crippen LogP contribution is 2.23. The average Bonchev–Trinajstić information content (AvgIpc) is 1.82. The topological polar surface area (TPSA) is 19.9 Å². The van der Waals surface area contributed by atoms with Gasteiger partial charge < -0.3 is 0 Å². The van der Waals surface area contributed by atoms with E-state index in [0.29, 0.717) is 0 Å². The van der Waals surface area contributed by atoms with Crippen molar-refractivity contribution in [2.75, 3.05) is 0 Å². The highest BCUT2D eigenvalue weighted by Gasteiger charge is 2.27. The summed E-state index contributed by atoms with van der Waals surface area (Å²) in [5.41, 5.74) is 0.00926. The van der Waals surface area contributed by atoms with Gasteiger partial charge in [0.15, 0.2) is 5.75 Å². The van der Waals surface area contributed by atoms with Gasteiger partial charge in [-0.1, -0.05) is 12.1 Å². The van der Waals surface area contributed by atoms with E-state index in [1.165, 1.54) is 18.2 Å². The standard InChI is InChI=1S/C8H6F3O/c9-8(10,11)5-6-2-1-3-7(12)4-6/h1-4H,5H2. The fourth-order valence-electron chi connectivity index (χ4n) is 0.887. The number of alkyl halides is 3. The van der Waals surface area contributed by atoms with Crippen molar-refractivity contribution in [3.8, 4) is 5.75 Å². The molecule has 0 heterocycles. The Morgan fingerprint density at radius 1 is 1.25 bits per heavy atom. The highest BCUT2D eigenvalue weighted by molar-refractivity contribution is 5.27. The van der Waals surface area contributed by atoms with Crippen molar-refractivity contribution >= 4 is 0 Å². The molecule has 4 heteroatoms. The second kappa shape index (κ2) is 3.05. The van der Waals surface area contributed by atoms with Gasteiger partial charge in [0.1, 0.15) is 0 Å². The Hall–Kier alpha value is -1.19. The van der Waals surface area contributed by atoms with Crippen molar-refractivity contribution in [2.24, 2.45) is 0 Å².